The van der Waals surface area contributed by atoms with Crippen molar-refractivity contribution in [2.24, 2.45) is 11.8 Å². The number of esters is 1. The Labute approximate surface area is 157 Å². The van der Waals surface area contributed by atoms with Gasteiger partial charge in [-0.3, -0.25) is 4.79 Å². The molecule has 2 heterocycles. The van der Waals surface area contributed by atoms with Gasteiger partial charge in [0.2, 0.25) is 0 Å². The van der Waals surface area contributed by atoms with Crippen LogP contribution >= 0.6 is 0 Å². The molecule has 27 heavy (non-hydrogen) atoms. The molecule has 2 aliphatic heterocycles. The van der Waals surface area contributed by atoms with Crippen molar-refractivity contribution in [3.8, 4) is 11.3 Å². The molecule has 142 valence electrons. The zero-order valence-electron chi connectivity index (χ0n) is 15.7. The molecular weight excluding hydrogens is 342 g/mol. The molecule has 0 radical (unpaired) electrons. The largest absolute Gasteiger partial charge is 0.465 e. The van der Waals surface area contributed by atoms with Gasteiger partial charge >= 0.3 is 5.97 Å². The maximum atomic E-state index is 12.3. The minimum Gasteiger partial charge on any atom is -0.465 e. The number of hydrogen-bond donors (Lipinski definition) is 1. The summed E-state index contributed by atoms with van der Waals surface area (Å²) in [6.45, 7) is 0. The third-order valence-electron chi connectivity index (χ3n) is 6.90. The lowest BCUT2D eigenvalue weighted by Crippen LogP contribution is -2.37. The van der Waals surface area contributed by atoms with Crippen molar-refractivity contribution in [2.45, 2.75) is 57.4 Å². The van der Waals surface area contributed by atoms with E-state index in [0.717, 1.165) is 0 Å². The van der Waals surface area contributed by atoms with E-state index in [9.17, 15) is 9.59 Å². The van der Waals surface area contributed by atoms with E-state index in [1.807, 2.05) is 12.4 Å². The van der Waals surface area contributed by atoms with Crippen molar-refractivity contribution in [1.82, 2.24) is 14.8 Å². The van der Waals surface area contributed by atoms with Gasteiger partial charge in [0.05, 0.1) is 12.7 Å². The Bertz CT molecular complexity index is 954. The first-order chi connectivity index (χ1) is 13.2. The van der Waals surface area contributed by atoms with Crippen molar-refractivity contribution in [1.29, 1.82) is 0 Å². The zero-order chi connectivity index (χ0) is 18.5. The van der Waals surface area contributed by atoms with Gasteiger partial charge in [0.25, 0.3) is 5.56 Å². The Morgan fingerprint density at radius 3 is 2.93 bits per heavy atom. The molecule has 6 nitrogen and oxygen atoms in total. The van der Waals surface area contributed by atoms with Gasteiger partial charge in [-0.05, 0) is 50.9 Å². The highest BCUT2D eigenvalue weighted by Crippen LogP contribution is 2.53. The van der Waals surface area contributed by atoms with Crippen LogP contribution in [0.5, 0.6) is 0 Å². The number of rotatable bonds is 2. The fraction of sp³-hybridized carbons (Fsp3) is 0.571. The predicted molar refractivity (Wildman–Crippen MR) is 101 cm³/mol. The molecule has 0 spiro atoms. The van der Waals surface area contributed by atoms with Crippen LogP contribution in [0.1, 0.15) is 67.8 Å². The van der Waals surface area contributed by atoms with E-state index in [0.29, 0.717) is 34.7 Å². The Morgan fingerprint density at radius 2 is 2.07 bits per heavy atom. The number of pyridine rings is 1. The molecule has 1 N–H and O–H groups in total. The van der Waals surface area contributed by atoms with Crippen LogP contribution in [0.2, 0.25) is 0 Å². The van der Waals surface area contributed by atoms with E-state index >= 15 is 0 Å². The van der Waals surface area contributed by atoms with Gasteiger partial charge in [-0.15, -0.1) is 0 Å². The summed E-state index contributed by atoms with van der Waals surface area (Å²) < 4.78 is 7.10. The minimum absolute atomic E-state index is 0.247. The van der Waals surface area contributed by atoms with Crippen molar-refractivity contribution >= 4 is 5.97 Å². The van der Waals surface area contributed by atoms with Crippen LogP contribution in [0.15, 0.2) is 28.3 Å². The van der Waals surface area contributed by atoms with Crippen LogP contribution in [0, 0.1) is 11.8 Å². The standard InChI is InChI=1S/C21H25N3O3/c1-27-21(26)17-11-24(10-16-18(17)22-23-20(16)25)19-13-6-4-8-15(19)14-7-3-2-5-12(14)9-13/h10-11,13,15,19H,2-9H2,1H3,(H,23,25). The second kappa shape index (κ2) is 6.36. The Balaban J connectivity index is 1.66. The number of H-pyrrole nitrogens is 1. The summed E-state index contributed by atoms with van der Waals surface area (Å²) >= 11 is 0. The molecule has 1 saturated carbocycles. The van der Waals surface area contributed by atoms with Crippen LogP contribution in [0.25, 0.3) is 11.3 Å². The summed E-state index contributed by atoms with van der Waals surface area (Å²) in [4.78, 5) is 24.6. The van der Waals surface area contributed by atoms with E-state index in [-0.39, 0.29) is 5.56 Å². The average Bonchev–Trinajstić information content (AvgIpc) is 3.07. The number of allylic oxidation sites excluding steroid dienone is 2. The molecule has 2 bridgehead atoms. The molecule has 3 unspecified atom stereocenters. The Hall–Kier alpha value is -2.37. The molecule has 3 atom stereocenters. The van der Waals surface area contributed by atoms with Gasteiger partial charge in [-0.1, -0.05) is 17.6 Å². The van der Waals surface area contributed by atoms with Crippen molar-refractivity contribution in [3.05, 3.63) is 39.5 Å². The van der Waals surface area contributed by atoms with Crippen LogP contribution < -0.4 is 5.56 Å². The molecule has 0 aromatic rings. The van der Waals surface area contributed by atoms with Gasteiger partial charge in [-0.2, -0.15) is 5.10 Å². The molecule has 0 aromatic carbocycles. The highest BCUT2D eigenvalue weighted by molar-refractivity contribution is 5.95. The van der Waals surface area contributed by atoms with Crippen LogP contribution in [0.4, 0.5) is 0 Å². The first-order valence-electron chi connectivity index (χ1n) is 10.1. The highest BCUT2D eigenvalue weighted by Gasteiger charge is 2.42. The maximum absolute atomic E-state index is 12.3. The molecule has 0 amide bonds. The SMILES string of the molecule is COC(=O)c1cn(C2C3CCCC2C2=C(CCCC2)C3)cc2c(=O)[nH]nc1-2. The second-order valence-corrected chi connectivity index (χ2v) is 8.25. The number of carbonyl (C=O) groups is 1. The van der Waals surface area contributed by atoms with E-state index in [1.165, 1.54) is 58.5 Å². The number of aromatic amines is 1. The van der Waals surface area contributed by atoms with Gasteiger partial charge in [0.1, 0.15) is 11.3 Å². The summed E-state index contributed by atoms with van der Waals surface area (Å²) in [6.07, 6.45) is 13.7. The van der Waals surface area contributed by atoms with Crippen LogP contribution in [0.3, 0.4) is 0 Å². The van der Waals surface area contributed by atoms with Gasteiger partial charge in [-0.25, -0.2) is 9.89 Å². The van der Waals surface area contributed by atoms with Crippen molar-refractivity contribution in [2.75, 3.05) is 7.11 Å². The number of nitrogens with one attached hydrogen (secondary N) is 1. The molecule has 5 aliphatic rings. The summed E-state index contributed by atoms with van der Waals surface area (Å²) in [6, 6.07) is 0.317. The summed E-state index contributed by atoms with van der Waals surface area (Å²) in [5, 5.41) is 6.54. The fourth-order valence-corrected chi connectivity index (χ4v) is 5.80. The van der Waals surface area contributed by atoms with Crippen LogP contribution in [-0.4, -0.2) is 27.8 Å². The number of methoxy groups -OCH3 is 1. The third-order valence-corrected chi connectivity index (χ3v) is 6.90. The number of fused-ring (bicyclic) bond motifs is 4. The summed E-state index contributed by atoms with van der Waals surface area (Å²) in [7, 11) is 1.37. The van der Waals surface area contributed by atoms with Crippen LogP contribution in [-0.2, 0) is 4.74 Å². The maximum Gasteiger partial charge on any atom is 0.341 e. The first kappa shape index (κ1) is 16.8. The number of nitrogens with zero attached hydrogens (tertiary/aromatic N) is 2. The number of aromatic nitrogens is 3. The summed E-state index contributed by atoms with van der Waals surface area (Å²) in [5.74, 6) is 0.665. The third kappa shape index (κ3) is 2.57. The molecule has 3 aliphatic carbocycles. The van der Waals surface area contributed by atoms with Gasteiger partial charge < -0.3 is 9.30 Å². The number of carbonyl (C=O) groups excluding carboxylic acids is 1. The topological polar surface area (TPSA) is 77.0 Å². The molecule has 5 rings (SSSR count). The van der Waals surface area contributed by atoms with Crippen molar-refractivity contribution < 1.29 is 9.53 Å². The van der Waals surface area contributed by atoms with Crippen molar-refractivity contribution in [3.63, 3.8) is 0 Å². The Morgan fingerprint density at radius 1 is 1.22 bits per heavy atom. The average molecular weight is 367 g/mol. The quantitative estimate of drug-likeness (QED) is 0.649. The summed E-state index contributed by atoms with van der Waals surface area (Å²) in [5.41, 5.74) is 4.37. The fourth-order valence-electron chi connectivity index (χ4n) is 5.80. The second-order valence-electron chi connectivity index (χ2n) is 8.25. The first-order valence-corrected chi connectivity index (χ1v) is 10.1. The monoisotopic (exact) mass is 367 g/mol. The molecule has 0 aromatic heterocycles. The lowest BCUT2D eigenvalue weighted by molar-refractivity contribution is 0.0598. The lowest BCUT2D eigenvalue weighted by Gasteiger charge is -2.47. The predicted octanol–water partition coefficient (Wildman–Crippen LogP) is 3.69. The molecular formula is C21H25N3O3. The molecule has 1 fully saturated rings. The molecule has 6 heteroatoms. The van der Waals surface area contributed by atoms with E-state index < -0.39 is 5.97 Å². The highest BCUT2D eigenvalue weighted by atomic mass is 16.5. The van der Waals surface area contributed by atoms with Gasteiger partial charge in [0.15, 0.2) is 0 Å². The normalized spacial score (nSPS) is 27.5. The van der Waals surface area contributed by atoms with E-state index in [4.69, 9.17) is 4.74 Å². The smallest absolute Gasteiger partial charge is 0.341 e. The van der Waals surface area contributed by atoms with Gasteiger partial charge in [0, 0.05) is 24.4 Å². The molecule has 0 saturated heterocycles. The zero-order valence-corrected chi connectivity index (χ0v) is 15.7. The minimum atomic E-state index is -0.445. The van der Waals surface area contributed by atoms with E-state index in [1.54, 1.807) is 11.1 Å². The number of ether oxygens (including phenoxy) is 1. The Kier molecular flexibility index (Phi) is 3.95. The number of hydrogen-bond acceptors (Lipinski definition) is 4. The van der Waals surface area contributed by atoms with E-state index in [2.05, 4.69) is 14.8 Å². The lowest BCUT2D eigenvalue weighted by atomic mass is 9.63.